The van der Waals surface area contributed by atoms with Gasteiger partial charge in [-0.3, -0.25) is 4.98 Å². The third-order valence-corrected chi connectivity index (χ3v) is 7.74. The molecule has 3 heterocycles. The second-order valence-electron chi connectivity index (χ2n) is 7.88. The van der Waals surface area contributed by atoms with E-state index in [9.17, 15) is 12.8 Å². The molecule has 2 saturated heterocycles. The number of nitrogens with one attached hydrogen (secondary N) is 1. The van der Waals surface area contributed by atoms with Crippen molar-refractivity contribution in [2.45, 2.75) is 28.7 Å². The van der Waals surface area contributed by atoms with Crippen LogP contribution in [0.5, 0.6) is 0 Å². The Bertz CT molecular complexity index is 1170. The third-order valence-electron chi connectivity index (χ3n) is 6.02. The Morgan fingerprint density at radius 3 is 2.79 bits per heavy atom. The monoisotopic (exact) mass is 411 g/mol. The number of halogens is 1. The Balaban J connectivity index is 1.50. The minimum atomic E-state index is -3.83. The molecule has 1 N–H and O–H groups in total. The lowest BCUT2D eigenvalue weighted by Gasteiger charge is -2.24. The van der Waals surface area contributed by atoms with E-state index in [1.165, 1.54) is 37.2 Å². The highest BCUT2D eigenvalue weighted by Crippen LogP contribution is 2.31. The van der Waals surface area contributed by atoms with Crippen LogP contribution in [-0.2, 0) is 9.84 Å². The highest BCUT2D eigenvalue weighted by molar-refractivity contribution is 7.91. The summed E-state index contributed by atoms with van der Waals surface area (Å²) in [5, 5.41) is 4.37. The lowest BCUT2D eigenvalue weighted by atomic mass is 9.94. The van der Waals surface area contributed by atoms with Crippen molar-refractivity contribution >= 4 is 26.4 Å². The maximum absolute atomic E-state index is 13.5. The number of sulfone groups is 1. The van der Waals surface area contributed by atoms with E-state index in [1.807, 2.05) is 18.2 Å². The Hall–Kier alpha value is -2.51. The van der Waals surface area contributed by atoms with Gasteiger partial charge in [0.2, 0.25) is 9.84 Å². The fraction of sp³-hybridized carbons (Fsp3) is 0.318. The van der Waals surface area contributed by atoms with E-state index in [0.29, 0.717) is 12.0 Å². The lowest BCUT2D eigenvalue weighted by molar-refractivity contribution is 0.340. The van der Waals surface area contributed by atoms with Crippen molar-refractivity contribution in [2.24, 2.45) is 5.92 Å². The molecule has 0 saturated carbocycles. The maximum Gasteiger partial charge on any atom is 0.208 e. The highest BCUT2D eigenvalue weighted by Gasteiger charge is 2.34. The lowest BCUT2D eigenvalue weighted by Crippen LogP contribution is -2.40. The van der Waals surface area contributed by atoms with E-state index in [2.05, 4.69) is 15.2 Å². The molecule has 2 unspecified atom stereocenters. The normalized spacial score (nSPS) is 22.0. The fourth-order valence-corrected chi connectivity index (χ4v) is 5.74. The van der Waals surface area contributed by atoms with Gasteiger partial charge in [-0.1, -0.05) is 6.07 Å². The number of anilines is 1. The van der Waals surface area contributed by atoms with Gasteiger partial charge in [0.15, 0.2) is 0 Å². The van der Waals surface area contributed by atoms with Crippen LogP contribution in [0, 0.1) is 11.7 Å². The summed E-state index contributed by atoms with van der Waals surface area (Å²) >= 11 is 0. The van der Waals surface area contributed by atoms with E-state index < -0.39 is 15.7 Å². The van der Waals surface area contributed by atoms with Crippen LogP contribution in [0.25, 0.3) is 10.9 Å². The Morgan fingerprint density at radius 2 is 1.97 bits per heavy atom. The van der Waals surface area contributed by atoms with Crippen LogP contribution in [0.4, 0.5) is 10.1 Å². The summed E-state index contributed by atoms with van der Waals surface area (Å²) in [6, 6.07) is 13.2. The van der Waals surface area contributed by atoms with E-state index in [0.717, 1.165) is 42.3 Å². The molecule has 1 aromatic heterocycles. The molecule has 7 heteroatoms. The van der Waals surface area contributed by atoms with Gasteiger partial charge >= 0.3 is 0 Å². The average Bonchev–Trinajstić information content (AvgIpc) is 3.17. The molecule has 2 atom stereocenters. The second kappa shape index (κ2) is 7.07. The quantitative estimate of drug-likeness (QED) is 0.716. The molecular formula is C22H22FN3O2S. The van der Waals surface area contributed by atoms with Crippen LogP contribution in [0.3, 0.4) is 0 Å². The van der Waals surface area contributed by atoms with Crippen LogP contribution in [0.2, 0.25) is 0 Å². The minimum absolute atomic E-state index is 0.0653. The molecule has 2 aromatic carbocycles. The first-order chi connectivity index (χ1) is 14.0. The Labute approximate surface area is 169 Å². The van der Waals surface area contributed by atoms with Gasteiger partial charge < -0.3 is 10.2 Å². The topological polar surface area (TPSA) is 62.3 Å². The van der Waals surface area contributed by atoms with Crippen molar-refractivity contribution < 1.29 is 12.8 Å². The molecule has 0 aliphatic carbocycles. The molecule has 0 bridgehead atoms. The molecule has 29 heavy (non-hydrogen) atoms. The summed E-state index contributed by atoms with van der Waals surface area (Å²) in [4.78, 5) is 6.70. The molecule has 5 nitrogen and oxygen atoms in total. The number of fused-ring (bicyclic) bond motifs is 2. The number of benzene rings is 2. The predicted molar refractivity (Wildman–Crippen MR) is 110 cm³/mol. The first-order valence-electron chi connectivity index (χ1n) is 9.89. The molecule has 3 aromatic rings. The number of rotatable bonds is 3. The number of pyridine rings is 1. The number of aromatic nitrogens is 1. The largest absolute Gasteiger partial charge is 0.370 e. The van der Waals surface area contributed by atoms with Gasteiger partial charge in [0, 0.05) is 36.4 Å². The third kappa shape index (κ3) is 3.38. The number of piperidine rings is 1. The van der Waals surface area contributed by atoms with Gasteiger partial charge in [0.05, 0.1) is 15.3 Å². The summed E-state index contributed by atoms with van der Waals surface area (Å²) in [6.45, 7) is 3.06. The van der Waals surface area contributed by atoms with Crippen molar-refractivity contribution in [3.8, 4) is 0 Å². The fourth-order valence-electron chi connectivity index (χ4n) is 4.47. The first-order valence-corrected chi connectivity index (χ1v) is 11.4. The van der Waals surface area contributed by atoms with Gasteiger partial charge in [-0.15, -0.1) is 0 Å². The first kappa shape index (κ1) is 18.5. The Kier molecular flexibility index (Phi) is 4.52. The summed E-state index contributed by atoms with van der Waals surface area (Å²) in [5.41, 5.74) is 1.82. The van der Waals surface area contributed by atoms with E-state index in [4.69, 9.17) is 0 Å². The molecule has 2 aliphatic heterocycles. The van der Waals surface area contributed by atoms with Crippen molar-refractivity contribution in [1.29, 1.82) is 0 Å². The maximum atomic E-state index is 13.5. The zero-order valence-electron chi connectivity index (χ0n) is 15.9. The summed E-state index contributed by atoms with van der Waals surface area (Å²) in [7, 11) is -3.83. The summed E-state index contributed by atoms with van der Waals surface area (Å²) in [5.74, 6) is 0.0866. The van der Waals surface area contributed by atoms with Crippen LogP contribution in [0.15, 0.2) is 64.5 Å². The van der Waals surface area contributed by atoms with Gasteiger partial charge in [-0.05, 0) is 67.8 Å². The summed E-state index contributed by atoms with van der Waals surface area (Å²) in [6.07, 6.45) is 3.81. The highest BCUT2D eigenvalue weighted by atomic mass is 32.2. The molecule has 0 amide bonds. The Morgan fingerprint density at radius 1 is 1.07 bits per heavy atom. The van der Waals surface area contributed by atoms with Gasteiger partial charge in [-0.25, -0.2) is 12.8 Å². The standard InChI is InChI=1S/C22H22FN3O2S/c23-17-4-1-5-19(11-17)29(27,28)20-10-16-9-18(6-7-21(16)25-12-20)26-13-15-3-2-8-24-22(15)14-26/h1,4-7,9-12,15,22,24H,2-3,8,13-14H2. The van der Waals surface area contributed by atoms with E-state index in [-0.39, 0.29) is 9.79 Å². The average molecular weight is 412 g/mol. The van der Waals surface area contributed by atoms with Crippen LogP contribution in [-0.4, -0.2) is 39.1 Å². The van der Waals surface area contributed by atoms with Crippen LogP contribution >= 0.6 is 0 Å². The van der Waals surface area contributed by atoms with E-state index in [1.54, 1.807) is 6.07 Å². The zero-order chi connectivity index (χ0) is 20.0. The second-order valence-corrected chi connectivity index (χ2v) is 9.83. The molecule has 2 aliphatic rings. The minimum Gasteiger partial charge on any atom is -0.370 e. The molecule has 150 valence electrons. The van der Waals surface area contributed by atoms with Gasteiger partial charge in [0.25, 0.3) is 0 Å². The van der Waals surface area contributed by atoms with Crippen LogP contribution in [0.1, 0.15) is 12.8 Å². The molecular weight excluding hydrogens is 389 g/mol. The van der Waals surface area contributed by atoms with Gasteiger partial charge in [-0.2, -0.15) is 0 Å². The molecule has 2 fully saturated rings. The molecule has 0 radical (unpaired) electrons. The van der Waals surface area contributed by atoms with E-state index >= 15 is 0 Å². The molecule has 0 spiro atoms. The van der Waals surface area contributed by atoms with Gasteiger partial charge in [0.1, 0.15) is 5.82 Å². The molecule has 5 rings (SSSR count). The zero-order valence-corrected chi connectivity index (χ0v) is 16.7. The summed E-state index contributed by atoms with van der Waals surface area (Å²) < 4.78 is 39.4. The number of nitrogens with zero attached hydrogens (tertiary/aromatic N) is 2. The SMILES string of the molecule is O=S(=O)(c1cccc(F)c1)c1cnc2ccc(N3CC4CCCNC4C3)cc2c1. The van der Waals surface area contributed by atoms with Crippen molar-refractivity contribution in [3.05, 3.63) is 60.5 Å². The number of hydrogen-bond donors (Lipinski definition) is 1. The number of hydrogen-bond acceptors (Lipinski definition) is 5. The van der Waals surface area contributed by atoms with Crippen LogP contribution < -0.4 is 10.2 Å². The van der Waals surface area contributed by atoms with Crippen molar-refractivity contribution in [1.82, 2.24) is 10.3 Å². The van der Waals surface area contributed by atoms with Crippen molar-refractivity contribution in [3.63, 3.8) is 0 Å². The van der Waals surface area contributed by atoms with Crippen molar-refractivity contribution in [2.75, 3.05) is 24.5 Å². The predicted octanol–water partition coefficient (Wildman–Crippen LogP) is 3.39. The smallest absolute Gasteiger partial charge is 0.208 e.